The number of hydrogen-bond acceptors (Lipinski definition) is 2. The summed E-state index contributed by atoms with van der Waals surface area (Å²) in [5, 5.41) is 1.65. The van der Waals surface area contributed by atoms with Gasteiger partial charge in [0.15, 0.2) is 5.78 Å². The minimum Gasteiger partial charge on any atom is -0.378 e. The van der Waals surface area contributed by atoms with Crippen LogP contribution in [0.5, 0.6) is 0 Å². The summed E-state index contributed by atoms with van der Waals surface area (Å²) in [5.41, 5.74) is 1.76. The number of nitrogens with zero attached hydrogens (tertiary/aromatic N) is 1. The molecule has 1 saturated heterocycles. The highest BCUT2D eigenvalue weighted by molar-refractivity contribution is 6.31. The van der Waals surface area contributed by atoms with Crippen molar-refractivity contribution < 1.29 is 9.53 Å². The number of carbonyl (C=O) groups is 1. The molecule has 2 aromatic rings. The van der Waals surface area contributed by atoms with Crippen molar-refractivity contribution in [2.75, 3.05) is 6.61 Å². The first-order chi connectivity index (χ1) is 9.06. The van der Waals surface area contributed by atoms with E-state index in [0.717, 1.165) is 22.9 Å². The molecule has 0 bridgehead atoms. The maximum Gasteiger partial charge on any atom is 0.170 e. The third-order valence-electron chi connectivity index (χ3n) is 3.79. The number of aromatic nitrogens is 1. The summed E-state index contributed by atoms with van der Waals surface area (Å²) in [5.74, 6) is 0.161. The number of ether oxygens (including phenoxy) is 1. The lowest BCUT2D eigenvalue weighted by atomic mass is 9.95. The van der Waals surface area contributed by atoms with Gasteiger partial charge in [-0.05, 0) is 25.5 Å². The molecule has 1 aliphatic heterocycles. The number of aryl methyl sites for hydroxylation is 1. The van der Waals surface area contributed by atoms with Gasteiger partial charge in [0.25, 0.3) is 0 Å². The zero-order valence-electron chi connectivity index (χ0n) is 11.0. The number of Topliss-reactive ketones (excluding diaryl/α,β-unsaturated/α-hetero) is 1. The number of ketones is 1. The van der Waals surface area contributed by atoms with Crippen molar-refractivity contribution in [3.63, 3.8) is 0 Å². The molecule has 1 aromatic carbocycles. The molecule has 1 aliphatic rings. The minimum absolute atomic E-state index is 0.0173. The van der Waals surface area contributed by atoms with Crippen LogP contribution in [0, 0.1) is 5.92 Å². The molecule has 2 unspecified atom stereocenters. The van der Waals surface area contributed by atoms with Gasteiger partial charge in [-0.15, -0.1) is 0 Å². The van der Waals surface area contributed by atoms with Crippen molar-refractivity contribution in [1.29, 1.82) is 0 Å². The van der Waals surface area contributed by atoms with E-state index in [4.69, 9.17) is 16.3 Å². The molecule has 3 nitrogen and oxygen atoms in total. The average molecular weight is 278 g/mol. The Balaban J connectivity index is 2.03. The lowest BCUT2D eigenvalue weighted by molar-refractivity contribution is 0.0879. The van der Waals surface area contributed by atoms with Crippen LogP contribution < -0.4 is 0 Å². The average Bonchev–Trinajstić information content (AvgIpc) is 2.94. The summed E-state index contributed by atoms with van der Waals surface area (Å²) in [7, 11) is 1.93. The van der Waals surface area contributed by atoms with Crippen LogP contribution in [0.15, 0.2) is 24.4 Å². The predicted molar refractivity (Wildman–Crippen MR) is 75.8 cm³/mol. The number of hydrogen-bond donors (Lipinski definition) is 0. The minimum atomic E-state index is -0.0173. The van der Waals surface area contributed by atoms with E-state index in [2.05, 4.69) is 0 Å². The fourth-order valence-corrected chi connectivity index (χ4v) is 2.94. The van der Waals surface area contributed by atoms with E-state index >= 15 is 0 Å². The zero-order chi connectivity index (χ0) is 13.6. The first-order valence-electron chi connectivity index (χ1n) is 6.46. The second kappa shape index (κ2) is 4.66. The van der Waals surface area contributed by atoms with Crippen molar-refractivity contribution in [3.05, 3.63) is 35.0 Å². The van der Waals surface area contributed by atoms with Crippen LogP contribution in [0.1, 0.15) is 23.7 Å². The highest BCUT2D eigenvalue weighted by atomic mass is 35.5. The third kappa shape index (κ3) is 2.17. The van der Waals surface area contributed by atoms with Gasteiger partial charge in [0.1, 0.15) is 0 Å². The molecule has 2 atom stereocenters. The highest BCUT2D eigenvalue weighted by Gasteiger charge is 2.30. The van der Waals surface area contributed by atoms with Gasteiger partial charge in [-0.3, -0.25) is 4.79 Å². The molecular formula is C15H16ClNO2. The van der Waals surface area contributed by atoms with Gasteiger partial charge in [0, 0.05) is 40.7 Å². The molecule has 4 heteroatoms. The second-order valence-electron chi connectivity index (χ2n) is 5.26. The quantitative estimate of drug-likeness (QED) is 0.788. The molecule has 19 heavy (non-hydrogen) atoms. The Bertz CT molecular complexity index is 647. The second-order valence-corrected chi connectivity index (χ2v) is 5.69. The summed E-state index contributed by atoms with van der Waals surface area (Å²) >= 11 is 6.01. The number of rotatable bonds is 2. The van der Waals surface area contributed by atoms with E-state index in [1.807, 2.05) is 42.9 Å². The summed E-state index contributed by atoms with van der Waals surface area (Å²) in [6, 6.07) is 5.64. The monoisotopic (exact) mass is 277 g/mol. The summed E-state index contributed by atoms with van der Waals surface area (Å²) in [6.07, 6.45) is 2.88. The molecule has 0 aliphatic carbocycles. The van der Waals surface area contributed by atoms with Crippen molar-refractivity contribution in [2.24, 2.45) is 13.0 Å². The van der Waals surface area contributed by atoms with Crippen LogP contribution in [-0.4, -0.2) is 23.1 Å². The maximum atomic E-state index is 12.6. The van der Waals surface area contributed by atoms with Crippen LogP contribution in [0.4, 0.5) is 0 Å². The van der Waals surface area contributed by atoms with Gasteiger partial charge in [-0.2, -0.15) is 0 Å². The van der Waals surface area contributed by atoms with Crippen molar-refractivity contribution in [3.8, 4) is 0 Å². The van der Waals surface area contributed by atoms with Crippen LogP contribution in [0.3, 0.4) is 0 Å². The van der Waals surface area contributed by atoms with E-state index in [9.17, 15) is 4.79 Å². The van der Waals surface area contributed by atoms with Crippen LogP contribution >= 0.6 is 11.6 Å². The molecule has 1 fully saturated rings. The van der Waals surface area contributed by atoms with Gasteiger partial charge in [-0.25, -0.2) is 0 Å². The van der Waals surface area contributed by atoms with Crippen LogP contribution in [0.25, 0.3) is 10.9 Å². The molecule has 2 heterocycles. The van der Waals surface area contributed by atoms with E-state index in [0.29, 0.717) is 11.6 Å². The fourth-order valence-electron chi connectivity index (χ4n) is 2.77. The Kier molecular flexibility index (Phi) is 3.11. The van der Waals surface area contributed by atoms with Gasteiger partial charge in [0.2, 0.25) is 0 Å². The number of halogens is 1. The topological polar surface area (TPSA) is 31.2 Å². The molecule has 3 rings (SSSR count). The smallest absolute Gasteiger partial charge is 0.170 e. The molecule has 0 saturated carbocycles. The normalized spacial score (nSPS) is 23.1. The summed E-state index contributed by atoms with van der Waals surface area (Å²) < 4.78 is 7.45. The molecule has 0 radical (unpaired) electrons. The standard InChI is InChI=1S/C15H16ClNO2/c1-9-5-10(8-19-9)15(18)13-7-17(2)14-6-11(16)3-4-12(13)14/h3-4,6-7,9-10H,5,8H2,1-2H3. The molecule has 0 amide bonds. The third-order valence-corrected chi connectivity index (χ3v) is 4.02. The molecule has 0 spiro atoms. The maximum absolute atomic E-state index is 12.6. The molecule has 1 aromatic heterocycles. The Morgan fingerprint density at radius 2 is 2.26 bits per heavy atom. The summed E-state index contributed by atoms with van der Waals surface area (Å²) in [6.45, 7) is 2.54. The highest BCUT2D eigenvalue weighted by Crippen LogP contribution is 2.29. The van der Waals surface area contributed by atoms with Crippen LogP contribution in [0.2, 0.25) is 5.02 Å². The lowest BCUT2D eigenvalue weighted by Gasteiger charge is -2.05. The number of fused-ring (bicyclic) bond motifs is 1. The summed E-state index contributed by atoms with van der Waals surface area (Å²) in [4.78, 5) is 12.6. The number of benzene rings is 1. The first kappa shape index (κ1) is 12.7. The largest absolute Gasteiger partial charge is 0.378 e. The van der Waals surface area contributed by atoms with Gasteiger partial charge in [0.05, 0.1) is 12.7 Å². The van der Waals surface area contributed by atoms with Gasteiger partial charge < -0.3 is 9.30 Å². The molecule has 0 N–H and O–H groups in total. The van der Waals surface area contributed by atoms with Crippen molar-refractivity contribution >= 4 is 28.3 Å². The van der Waals surface area contributed by atoms with E-state index in [1.54, 1.807) is 0 Å². The van der Waals surface area contributed by atoms with Gasteiger partial charge in [-0.1, -0.05) is 17.7 Å². The first-order valence-corrected chi connectivity index (χ1v) is 6.84. The molecular weight excluding hydrogens is 262 g/mol. The molecule has 100 valence electrons. The lowest BCUT2D eigenvalue weighted by Crippen LogP contribution is -2.14. The van der Waals surface area contributed by atoms with Crippen LogP contribution in [-0.2, 0) is 11.8 Å². The van der Waals surface area contributed by atoms with Crippen molar-refractivity contribution in [1.82, 2.24) is 4.57 Å². The number of carbonyl (C=O) groups excluding carboxylic acids is 1. The Hall–Kier alpha value is -1.32. The Morgan fingerprint density at radius 3 is 2.95 bits per heavy atom. The predicted octanol–water partition coefficient (Wildman–Crippen LogP) is 3.44. The van der Waals surface area contributed by atoms with E-state index < -0.39 is 0 Å². The van der Waals surface area contributed by atoms with Gasteiger partial charge >= 0.3 is 0 Å². The fraction of sp³-hybridized carbons (Fsp3) is 0.400. The van der Waals surface area contributed by atoms with E-state index in [-0.39, 0.29) is 17.8 Å². The Labute approximate surface area is 117 Å². The Morgan fingerprint density at radius 1 is 1.47 bits per heavy atom. The van der Waals surface area contributed by atoms with Crippen molar-refractivity contribution in [2.45, 2.75) is 19.4 Å². The zero-order valence-corrected chi connectivity index (χ0v) is 11.8. The SMILES string of the molecule is CC1CC(C(=O)c2cn(C)c3cc(Cl)ccc23)CO1. The van der Waals surface area contributed by atoms with E-state index in [1.165, 1.54) is 0 Å².